The molecule has 1 fully saturated rings. The quantitative estimate of drug-likeness (QED) is 0.186. The number of carboxylic acid groups (broad SMARTS) is 1. The number of thiophene rings is 1. The van der Waals surface area contributed by atoms with E-state index in [0.29, 0.717) is 30.8 Å². The number of aryl methyl sites for hydroxylation is 1. The van der Waals surface area contributed by atoms with E-state index in [-0.39, 0.29) is 10.8 Å². The molecule has 0 radical (unpaired) electrons. The van der Waals surface area contributed by atoms with Gasteiger partial charge in [0.05, 0.1) is 5.69 Å². The molecule has 1 aliphatic heterocycles. The summed E-state index contributed by atoms with van der Waals surface area (Å²) < 4.78 is 28.0. The summed E-state index contributed by atoms with van der Waals surface area (Å²) in [5.74, 6) is -0.0513. The average Bonchev–Trinajstić information content (AvgIpc) is 3.62. The van der Waals surface area contributed by atoms with E-state index in [9.17, 15) is 14.5 Å². The number of carbonyl (C=O) groups is 1. The molecule has 2 aromatic carbocycles. The molecule has 5 aromatic rings. The molecular weight excluding hydrogens is 555 g/mol. The zero-order valence-electron chi connectivity index (χ0n) is 22.9. The number of aromatic carboxylic acids is 1. The minimum atomic E-state index is -3.15. The third-order valence-corrected chi connectivity index (χ3v) is 11.4. The van der Waals surface area contributed by atoms with E-state index in [0.717, 1.165) is 51.3 Å². The number of fused-ring (bicyclic) bond motifs is 1. The van der Waals surface area contributed by atoms with E-state index in [2.05, 4.69) is 4.98 Å². The lowest BCUT2D eigenvalue weighted by molar-refractivity contribution is 0.0685. The zero-order chi connectivity index (χ0) is 28.6. The van der Waals surface area contributed by atoms with Gasteiger partial charge in [-0.05, 0) is 61.6 Å². The molecular formula is C32H31N2O5PS. The molecule has 0 aliphatic carbocycles. The molecule has 41 heavy (non-hydrogen) atoms. The highest BCUT2D eigenvalue weighted by Crippen LogP contribution is 2.52. The van der Waals surface area contributed by atoms with Gasteiger partial charge in [0.25, 0.3) is 0 Å². The molecule has 7 nitrogen and oxygen atoms in total. The first-order valence-corrected chi connectivity index (χ1v) is 16.5. The van der Waals surface area contributed by atoms with Gasteiger partial charge in [0.15, 0.2) is 12.9 Å². The lowest BCUT2D eigenvalue weighted by atomic mass is 10.0. The molecule has 0 saturated carbocycles. The van der Waals surface area contributed by atoms with Gasteiger partial charge in [-0.1, -0.05) is 42.0 Å². The average molecular weight is 587 g/mol. The van der Waals surface area contributed by atoms with Crippen molar-refractivity contribution >= 4 is 46.7 Å². The van der Waals surface area contributed by atoms with Gasteiger partial charge in [0.1, 0.15) is 16.2 Å². The van der Waals surface area contributed by atoms with E-state index in [1.54, 1.807) is 12.9 Å². The monoisotopic (exact) mass is 586 g/mol. The first kappa shape index (κ1) is 27.5. The highest BCUT2D eigenvalue weighted by Gasteiger charge is 2.34. The van der Waals surface area contributed by atoms with Crippen LogP contribution in [0.4, 0.5) is 5.69 Å². The second kappa shape index (κ2) is 11.3. The number of ether oxygens (including phenoxy) is 1. The van der Waals surface area contributed by atoms with Crippen LogP contribution in [0.15, 0.2) is 83.4 Å². The minimum Gasteiger partial charge on any atom is -0.477 e. The number of benzene rings is 2. The van der Waals surface area contributed by atoms with Gasteiger partial charge in [-0.15, -0.1) is 11.3 Å². The number of furan rings is 1. The Morgan fingerprint density at radius 3 is 2.44 bits per heavy atom. The normalized spacial score (nSPS) is 15.6. The maximum Gasteiger partial charge on any atom is 0.348 e. The highest BCUT2D eigenvalue weighted by molar-refractivity contribution is 7.72. The van der Waals surface area contributed by atoms with Crippen molar-refractivity contribution < 1.29 is 23.6 Å². The molecule has 3 aromatic heterocycles. The molecule has 210 valence electrons. The molecule has 0 amide bonds. The SMILES string of the molecule is Cc1ccc(P(C)(=O)N(CC2CCOCC2)c2cc(-c3ccc(-c4cc5ncccc5o4)cc3)sc2C(=O)O)cc1. The van der Waals surface area contributed by atoms with Crippen molar-refractivity contribution in [2.24, 2.45) is 5.92 Å². The Balaban J connectivity index is 1.38. The number of hydrogen-bond donors (Lipinski definition) is 1. The number of nitrogens with zero attached hydrogens (tertiary/aromatic N) is 2. The van der Waals surface area contributed by atoms with Crippen molar-refractivity contribution in [2.75, 3.05) is 31.1 Å². The van der Waals surface area contributed by atoms with Crippen LogP contribution in [0.2, 0.25) is 0 Å². The summed E-state index contributed by atoms with van der Waals surface area (Å²) in [5.41, 5.74) is 4.89. The van der Waals surface area contributed by atoms with Crippen LogP contribution in [-0.2, 0) is 9.30 Å². The Morgan fingerprint density at radius 1 is 1.05 bits per heavy atom. The number of pyridine rings is 1. The highest BCUT2D eigenvalue weighted by atomic mass is 32.1. The summed E-state index contributed by atoms with van der Waals surface area (Å²) in [6, 6.07) is 23.1. The van der Waals surface area contributed by atoms with Crippen LogP contribution in [0.25, 0.3) is 32.9 Å². The van der Waals surface area contributed by atoms with Gasteiger partial charge in [-0.3, -0.25) is 9.55 Å². The fourth-order valence-electron chi connectivity index (χ4n) is 5.27. The van der Waals surface area contributed by atoms with Crippen LogP contribution in [-0.4, -0.2) is 42.5 Å². The summed E-state index contributed by atoms with van der Waals surface area (Å²) in [7, 11) is -3.15. The number of rotatable bonds is 8. The topological polar surface area (TPSA) is 92.9 Å². The Morgan fingerprint density at radius 2 is 1.76 bits per heavy atom. The fraction of sp³-hybridized carbons (Fsp3) is 0.250. The summed E-state index contributed by atoms with van der Waals surface area (Å²) in [6.45, 7) is 5.56. The van der Waals surface area contributed by atoms with Crippen molar-refractivity contribution in [1.82, 2.24) is 4.98 Å². The maximum absolute atomic E-state index is 14.6. The lowest BCUT2D eigenvalue weighted by Gasteiger charge is -2.35. The van der Waals surface area contributed by atoms with Gasteiger partial charge in [0, 0.05) is 54.4 Å². The fourth-order valence-corrected chi connectivity index (χ4v) is 8.44. The van der Waals surface area contributed by atoms with Crippen LogP contribution in [0, 0.1) is 12.8 Å². The smallest absolute Gasteiger partial charge is 0.348 e. The van der Waals surface area contributed by atoms with Crippen LogP contribution in [0.3, 0.4) is 0 Å². The summed E-state index contributed by atoms with van der Waals surface area (Å²) in [6.07, 6.45) is 3.43. The van der Waals surface area contributed by atoms with Crippen molar-refractivity contribution in [3.05, 3.63) is 89.4 Å². The molecule has 1 atom stereocenters. The molecule has 0 spiro atoms. The third kappa shape index (κ3) is 5.60. The summed E-state index contributed by atoms with van der Waals surface area (Å²) >= 11 is 1.21. The standard InChI is InChI=1S/C32H31N2O5PS/c1-21-5-11-25(12-6-21)40(2,37)34(20-22-13-16-38-17-14-22)27-19-30(41-31(27)32(35)36)24-9-7-23(8-10-24)29-18-26-28(39-29)4-3-15-33-26/h3-12,15,18-19,22H,13-14,16-17,20H2,1-2H3,(H,35,36). The first-order valence-electron chi connectivity index (χ1n) is 13.6. The van der Waals surface area contributed by atoms with Crippen LogP contribution >= 0.6 is 18.6 Å². The summed E-state index contributed by atoms with van der Waals surface area (Å²) in [4.78, 5) is 17.9. The number of carboxylic acids is 1. The van der Waals surface area contributed by atoms with E-state index in [1.165, 1.54) is 11.3 Å². The van der Waals surface area contributed by atoms with Gasteiger partial charge >= 0.3 is 5.97 Å². The Bertz CT molecular complexity index is 1700. The predicted molar refractivity (Wildman–Crippen MR) is 165 cm³/mol. The summed E-state index contributed by atoms with van der Waals surface area (Å²) in [5, 5.41) is 11.0. The molecule has 4 heterocycles. The molecule has 1 aliphatic rings. The van der Waals surface area contributed by atoms with E-state index in [1.807, 2.05) is 84.4 Å². The molecule has 0 bridgehead atoms. The Kier molecular flexibility index (Phi) is 7.56. The van der Waals surface area contributed by atoms with E-state index in [4.69, 9.17) is 9.15 Å². The minimum absolute atomic E-state index is 0.189. The second-order valence-electron chi connectivity index (χ2n) is 10.6. The van der Waals surface area contributed by atoms with E-state index >= 15 is 0 Å². The van der Waals surface area contributed by atoms with Crippen molar-refractivity contribution in [3.8, 4) is 21.8 Å². The maximum atomic E-state index is 14.6. The molecule has 1 N–H and O–H groups in total. The third-order valence-electron chi connectivity index (χ3n) is 7.67. The molecule has 1 unspecified atom stereocenters. The van der Waals surface area contributed by atoms with Crippen LogP contribution < -0.4 is 9.97 Å². The van der Waals surface area contributed by atoms with Crippen molar-refractivity contribution in [1.29, 1.82) is 0 Å². The Labute approximate surface area is 242 Å². The van der Waals surface area contributed by atoms with E-state index < -0.39 is 13.3 Å². The Hall–Kier alpha value is -3.71. The first-order chi connectivity index (χ1) is 19.8. The zero-order valence-corrected chi connectivity index (χ0v) is 24.7. The van der Waals surface area contributed by atoms with Gasteiger partial charge in [-0.25, -0.2) is 4.79 Å². The number of aromatic nitrogens is 1. The lowest BCUT2D eigenvalue weighted by Crippen LogP contribution is -2.33. The van der Waals surface area contributed by atoms with Crippen molar-refractivity contribution in [3.63, 3.8) is 0 Å². The second-order valence-corrected chi connectivity index (χ2v) is 14.4. The predicted octanol–water partition coefficient (Wildman–Crippen LogP) is 7.70. The molecule has 6 rings (SSSR count). The number of hydrogen-bond acceptors (Lipinski definition) is 6. The van der Waals surface area contributed by atoms with Gasteiger partial charge < -0.3 is 18.9 Å². The van der Waals surface area contributed by atoms with Crippen LogP contribution in [0.5, 0.6) is 0 Å². The van der Waals surface area contributed by atoms with Crippen molar-refractivity contribution in [2.45, 2.75) is 19.8 Å². The van der Waals surface area contributed by atoms with Gasteiger partial charge in [0.2, 0.25) is 0 Å². The van der Waals surface area contributed by atoms with Gasteiger partial charge in [-0.2, -0.15) is 0 Å². The van der Waals surface area contributed by atoms with Crippen LogP contribution in [0.1, 0.15) is 28.1 Å². The number of anilines is 1. The largest absolute Gasteiger partial charge is 0.477 e. The molecule has 1 saturated heterocycles. The molecule has 9 heteroatoms.